The zero-order valence-electron chi connectivity index (χ0n) is 18.7. The van der Waals surface area contributed by atoms with E-state index in [0.717, 1.165) is 35.6 Å². The van der Waals surface area contributed by atoms with Gasteiger partial charge in [-0.2, -0.15) is 0 Å². The van der Waals surface area contributed by atoms with E-state index in [-0.39, 0.29) is 28.5 Å². The standard InChI is InChI=1S/C24H27ClN6O2/c1-24(2)11-17(31-18(24)19(25)30-21(23(31)33)29-15-4-3-5-15)22(32)28-12-13-6-7-16-14(10-13)8-9-27-20(16)26/h6-10,15,17H,3-5,11-12H2,1-2H3,(H2,26,27)(H,28,32)(H,29,30)/t17-/m0/s1. The van der Waals surface area contributed by atoms with Gasteiger partial charge in [-0.3, -0.25) is 14.2 Å². The molecule has 9 heteroatoms. The highest BCUT2D eigenvalue weighted by molar-refractivity contribution is 6.30. The van der Waals surface area contributed by atoms with E-state index in [0.29, 0.717) is 24.5 Å². The highest BCUT2D eigenvalue weighted by Crippen LogP contribution is 2.43. The quantitative estimate of drug-likeness (QED) is 0.529. The molecule has 1 aliphatic heterocycles. The Hall–Kier alpha value is -3.13. The van der Waals surface area contributed by atoms with Gasteiger partial charge in [-0.25, -0.2) is 9.97 Å². The molecular weight excluding hydrogens is 440 g/mol. The molecule has 0 bridgehead atoms. The number of nitrogens with two attached hydrogens (primary N) is 1. The van der Waals surface area contributed by atoms with E-state index in [1.54, 1.807) is 10.8 Å². The summed E-state index contributed by atoms with van der Waals surface area (Å²) in [4.78, 5) is 35.1. The number of nitrogens with one attached hydrogen (secondary N) is 2. The Kier molecular flexibility index (Phi) is 5.28. The first-order valence-corrected chi connectivity index (χ1v) is 11.6. The lowest BCUT2D eigenvalue weighted by Crippen LogP contribution is -2.38. The first-order chi connectivity index (χ1) is 15.7. The number of carbonyl (C=O) groups is 1. The lowest BCUT2D eigenvalue weighted by atomic mass is 9.87. The second-order valence-electron chi connectivity index (χ2n) is 9.62. The number of aromatic nitrogens is 3. The number of halogens is 1. The number of anilines is 2. The van der Waals surface area contributed by atoms with Crippen LogP contribution >= 0.6 is 11.6 Å². The van der Waals surface area contributed by atoms with Crippen LogP contribution in [0.4, 0.5) is 11.6 Å². The maximum atomic E-state index is 13.3. The van der Waals surface area contributed by atoms with Crippen LogP contribution in [0.15, 0.2) is 35.3 Å². The van der Waals surface area contributed by atoms with E-state index >= 15 is 0 Å². The fraction of sp³-hybridized carbons (Fsp3) is 0.417. The Balaban J connectivity index is 1.41. The Morgan fingerprint density at radius 3 is 2.82 bits per heavy atom. The van der Waals surface area contributed by atoms with Crippen LogP contribution in [0.3, 0.4) is 0 Å². The summed E-state index contributed by atoms with van der Waals surface area (Å²) in [5.41, 5.74) is 6.74. The molecule has 4 N–H and O–H groups in total. The molecule has 2 aromatic heterocycles. The second-order valence-corrected chi connectivity index (χ2v) is 9.98. The summed E-state index contributed by atoms with van der Waals surface area (Å²) in [5.74, 6) is 0.490. The fourth-order valence-electron chi connectivity index (χ4n) is 4.81. The third-order valence-corrected chi connectivity index (χ3v) is 7.06. The van der Waals surface area contributed by atoms with Crippen molar-refractivity contribution in [2.75, 3.05) is 11.1 Å². The van der Waals surface area contributed by atoms with Gasteiger partial charge in [0.25, 0.3) is 5.56 Å². The fourth-order valence-corrected chi connectivity index (χ4v) is 5.24. The molecule has 0 radical (unpaired) electrons. The van der Waals surface area contributed by atoms with Gasteiger partial charge in [0.05, 0.1) is 5.69 Å². The Morgan fingerprint density at radius 1 is 1.30 bits per heavy atom. The number of fused-ring (bicyclic) bond motifs is 2. The molecule has 33 heavy (non-hydrogen) atoms. The predicted molar refractivity (Wildman–Crippen MR) is 129 cm³/mol. The minimum Gasteiger partial charge on any atom is -0.383 e. The molecule has 0 saturated heterocycles. The van der Waals surface area contributed by atoms with Crippen molar-refractivity contribution >= 4 is 39.9 Å². The lowest BCUT2D eigenvalue weighted by Gasteiger charge is -2.27. The van der Waals surface area contributed by atoms with Crippen LogP contribution in [0.25, 0.3) is 10.8 Å². The van der Waals surface area contributed by atoms with Gasteiger partial charge in [-0.1, -0.05) is 37.6 Å². The van der Waals surface area contributed by atoms with Crippen molar-refractivity contribution in [3.05, 3.63) is 57.2 Å². The van der Waals surface area contributed by atoms with E-state index in [1.807, 2.05) is 38.1 Å². The number of carbonyl (C=O) groups excluding carboxylic acids is 1. The van der Waals surface area contributed by atoms with E-state index < -0.39 is 11.5 Å². The van der Waals surface area contributed by atoms with Crippen LogP contribution < -0.4 is 21.9 Å². The van der Waals surface area contributed by atoms with E-state index in [2.05, 4.69) is 20.6 Å². The minimum absolute atomic E-state index is 0.213. The summed E-state index contributed by atoms with van der Waals surface area (Å²) in [6, 6.07) is 7.28. The SMILES string of the molecule is CC1(C)C[C@@H](C(=O)NCc2ccc3c(N)nccc3c2)n2c1c(Cl)nc(NC1CCC1)c2=O. The van der Waals surface area contributed by atoms with Crippen LogP contribution in [-0.4, -0.2) is 26.5 Å². The number of hydrogen-bond donors (Lipinski definition) is 3. The number of nitrogens with zero attached hydrogens (tertiary/aromatic N) is 3. The average molecular weight is 467 g/mol. The largest absolute Gasteiger partial charge is 0.383 e. The van der Waals surface area contributed by atoms with Crippen molar-refractivity contribution < 1.29 is 4.79 Å². The number of hydrogen-bond acceptors (Lipinski definition) is 6. The van der Waals surface area contributed by atoms with Crippen molar-refractivity contribution in [2.45, 2.75) is 63.6 Å². The molecule has 1 saturated carbocycles. The van der Waals surface area contributed by atoms with Crippen molar-refractivity contribution in [2.24, 2.45) is 0 Å². The zero-order valence-corrected chi connectivity index (χ0v) is 19.4. The number of pyridine rings is 1. The first kappa shape index (κ1) is 21.7. The molecule has 172 valence electrons. The van der Waals surface area contributed by atoms with Crippen LogP contribution in [0.5, 0.6) is 0 Å². The summed E-state index contributed by atoms with van der Waals surface area (Å²) in [5, 5.41) is 8.32. The number of benzene rings is 1. The number of nitrogen functional groups attached to an aromatic ring is 1. The van der Waals surface area contributed by atoms with Crippen molar-refractivity contribution in [3.8, 4) is 0 Å². The van der Waals surface area contributed by atoms with Crippen molar-refractivity contribution in [1.29, 1.82) is 0 Å². The van der Waals surface area contributed by atoms with Gasteiger partial charge < -0.3 is 16.4 Å². The maximum absolute atomic E-state index is 13.3. The first-order valence-electron chi connectivity index (χ1n) is 11.2. The predicted octanol–water partition coefficient (Wildman–Crippen LogP) is 3.53. The maximum Gasteiger partial charge on any atom is 0.294 e. The van der Waals surface area contributed by atoms with Gasteiger partial charge in [-0.15, -0.1) is 0 Å². The van der Waals surface area contributed by atoms with Gasteiger partial charge in [0.1, 0.15) is 11.9 Å². The monoisotopic (exact) mass is 466 g/mol. The van der Waals surface area contributed by atoms with Gasteiger partial charge >= 0.3 is 0 Å². The molecule has 3 heterocycles. The summed E-state index contributed by atoms with van der Waals surface area (Å²) < 4.78 is 1.54. The molecule has 3 aromatic rings. The molecule has 8 nitrogen and oxygen atoms in total. The molecule has 1 fully saturated rings. The second kappa shape index (κ2) is 8.02. The molecule has 1 amide bonds. The minimum atomic E-state index is -0.648. The van der Waals surface area contributed by atoms with Gasteiger partial charge in [0.2, 0.25) is 5.91 Å². The van der Waals surface area contributed by atoms with Crippen LogP contribution in [-0.2, 0) is 16.8 Å². The molecular formula is C24H27ClN6O2. The molecule has 5 rings (SSSR count). The third-order valence-electron chi connectivity index (χ3n) is 6.80. The Bertz CT molecular complexity index is 1310. The van der Waals surface area contributed by atoms with Crippen LogP contribution in [0.2, 0.25) is 5.15 Å². The van der Waals surface area contributed by atoms with E-state index in [4.69, 9.17) is 17.3 Å². The Labute approximate surface area is 196 Å². The van der Waals surface area contributed by atoms with E-state index in [9.17, 15) is 9.59 Å². The molecule has 2 aliphatic rings. The molecule has 0 spiro atoms. The van der Waals surface area contributed by atoms with Crippen molar-refractivity contribution in [3.63, 3.8) is 0 Å². The summed E-state index contributed by atoms with van der Waals surface area (Å²) in [6.45, 7) is 4.31. The highest BCUT2D eigenvalue weighted by Gasteiger charge is 2.44. The summed E-state index contributed by atoms with van der Waals surface area (Å²) in [6.07, 6.45) is 5.28. The molecule has 1 aromatic carbocycles. The number of amides is 1. The molecule has 0 unspecified atom stereocenters. The van der Waals surface area contributed by atoms with Crippen LogP contribution in [0, 0.1) is 0 Å². The van der Waals surface area contributed by atoms with Crippen LogP contribution in [0.1, 0.15) is 56.8 Å². The molecule has 1 aliphatic carbocycles. The van der Waals surface area contributed by atoms with Gasteiger partial charge in [0, 0.05) is 29.6 Å². The third kappa shape index (κ3) is 3.82. The summed E-state index contributed by atoms with van der Waals surface area (Å²) >= 11 is 6.53. The normalized spacial score (nSPS) is 19.2. The number of rotatable bonds is 5. The topological polar surface area (TPSA) is 115 Å². The lowest BCUT2D eigenvalue weighted by molar-refractivity contribution is -0.124. The zero-order chi connectivity index (χ0) is 23.3. The van der Waals surface area contributed by atoms with Gasteiger partial charge in [0.15, 0.2) is 11.0 Å². The average Bonchev–Trinajstić information content (AvgIpc) is 3.04. The van der Waals surface area contributed by atoms with E-state index in [1.165, 1.54) is 0 Å². The van der Waals surface area contributed by atoms with Gasteiger partial charge in [-0.05, 0) is 48.8 Å². The highest BCUT2D eigenvalue weighted by atomic mass is 35.5. The summed E-state index contributed by atoms with van der Waals surface area (Å²) in [7, 11) is 0. The van der Waals surface area contributed by atoms with Crippen molar-refractivity contribution in [1.82, 2.24) is 19.9 Å². The smallest absolute Gasteiger partial charge is 0.294 e. The Morgan fingerprint density at radius 2 is 2.09 bits per heavy atom. The molecule has 1 atom stereocenters.